The van der Waals surface area contributed by atoms with Gasteiger partial charge in [-0.2, -0.15) is 5.26 Å². The van der Waals surface area contributed by atoms with Crippen molar-refractivity contribution in [2.75, 3.05) is 50.5 Å². The summed E-state index contributed by atoms with van der Waals surface area (Å²) in [4.78, 5) is 22.5. The number of aromatic hydroxyl groups is 1. The van der Waals surface area contributed by atoms with Gasteiger partial charge >= 0.3 is 0 Å². The number of phenolic OH excluding ortho intramolecular Hbond substituents is 1. The summed E-state index contributed by atoms with van der Waals surface area (Å²) < 4.78 is 17.0. The number of likely N-dealkylation sites (N-methyl/N-ethyl adjacent to an activating group) is 1. The fourth-order valence-corrected chi connectivity index (χ4v) is 6.44. The van der Waals surface area contributed by atoms with E-state index in [9.17, 15) is 15.2 Å². The molecule has 202 valence electrons. The molecule has 7 rings (SSSR count). The van der Waals surface area contributed by atoms with E-state index >= 15 is 4.39 Å². The molecular weight excluding hydrogens is 507 g/mol. The highest BCUT2D eigenvalue weighted by molar-refractivity contribution is 6.15. The zero-order valence-corrected chi connectivity index (χ0v) is 22.4. The van der Waals surface area contributed by atoms with E-state index in [1.54, 1.807) is 12.1 Å². The summed E-state index contributed by atoms with van der Waals surface area (Å²) in [7, 11) is 4.07. The standard InChI is InChI=1S/C31H29FN6O2/c1-37(2)19-13-38(14-19)29-28-25(31(15-34-16-31)30(40)36-28)23-11-18(7-5-9-33)24(26(32)27(23)35-29)22-12-20(39)10-17-6-3-4-8-21(17)22/h3-4,6,8,10-12,19,34,39H,5,7,13-16H2,1-2H3,(H,36,40). The Morgan fingerprint density at radius 1 is 1.20 bits per heavy atom. The minimum Gasteiger partial charge on any atom is -0.508 e. The van der Waals surface area contributed by atoms with Crippen LogP contribution in [0.2, 0.25) is 0 Å². The molecule has 2 fully saturated rings. The Hall–Kier alpha value is -4.26. The Morgan fingerprint density at radius 2 is 1.98 bits per heavy atom. The van der Waals surface area contributed by atoms with E-state index in [-0.39, 0.29) is 23.6 Å². The highest BCUT2D eigenvalue weighted by Crippen LogP contribution is 2.51. The second-order valence-corrected chi connectivity index (χ2v) is 11.3. The fourth-order valence-electron chi connectivity index (χ4n) is 6.44. The molecule has 3 aliphatic rings. The lowest BCUT2D eigenvalue weighted by Crippen LogP contribution is -2.60. The van der Waals surface area contributed by atoms with Crippen LogP contribution in [-0.4, -0.2) is 67.2 Å². The van der Waals surface area contributed by atoms with Crippen molar-refractivity contribution in [3.8, 4) is 22.9 Å². The highest BCUT2D eigenvalue weighted by atomic mass is 19.1. The zero-order valence-electron chi connectivity index (χ0n) is 22.4. The predicted molar refractivity (Wildman–Crippen MR) is 153 cm³/mol. The van der Waals surface area contributed by atoms with E-state index in [0.717, 1.165) is 29.4 Å². The third-order valence-electron chi connectivity index (χ3n) is 8.80. The number of fused-ring (bicyclic) bond motifs is 5. The van der Waals surface area contributed by atoms with E-state index in [1.165, 1.54) is 0 Å². The molecule has 4 aromatic rings. The van der Waals surface area contributed by atoms with Crippen LogP contribution in [0.15, 0.2) is 42.5 Å². The number of carbonyl (C=O) groups excluding carboxylic acids is 1. The molecule has 9 heteroatoms. The lowest BCUT2D eigenvalue weighted by Gasteiger charge is -2.44. The number of carbonyl (C=O) groups is 1. The SMILES string of the molecule is CN(C)C1CN(c2nc3c(F)c(-c4cc(O)cc5ccccc45)c(CCC#N)cc3c3c2NC(=O)C32CNC2)C1. The first-order chi connectivity index (χ1) is 19.3. The molecule has 3 aromatic carbocycles. The van der Waals surface area contributed by atoms with Gasteiger partial charge in [-0.25, -0.2) is 9.37 Å². The Balaban J connectivity index is 1.54. The topological polar surface area (TPSA) is 105 Å². The van der Waals surface area contributed by atoms with Gasteiger partial charge in [-0.15, -0.1) is 0 Å². The molecule has 0 unspecified atom stereocenters. The number of hydrogen-bond acceptors (Lipinski definition) is 7. The number of nitrogens with zero attached hydrogens (tertiary/aromatic N) is 4. The highest BCUT2D eigenvalue weighted by Gasteiger charge is 2.54. The molecular formula is C31H29FN6O2. The number of benzene rings is 3. The van der Waals surface area contributed by atoms with Crippen molar-refractivity contribution in [2.24, 2.45) is 0 Å². The molecule has 40 heavy (non-hydrogen) atoms. The number of hydrogen-bond donors (Lipinski definition) is 3. The smallest absolute Gasteiger partial charge is 0.237 e. The maximum Gasteiger partial charge on any atom is 0.237 e. The van der Waals surface area contributed by atoms with Gasteiger partial charge in [-0.05, 0) is 60.6 Å². The van der Waals surface area contributed by atoms with Crippen molar-refractivity contribution in [3.63, 3.8) is 0 Å². The largest absolute Gasteiger partial charge is 0.508 e. The first kappa shape index (κ1) is 24.8. The average Bonchev–Trinajstić information content (AvgIpc) is 3.20. The van der Waals surface area contributed by atoms with Gasteiger partial charge in [0.2, 0.25) is 5.91 Å². The Labute approximate surface area is 231 Å². The predicted octanol–water partition coefficient (Wildman–Crippen LogP) is 3.90. The summed E-state index contributed by atoms with van der Waals surface area (Å²) in [6.45, 7) is 2.40. The van der Waals surface area contributed by atoms with Crippen molar-refractivity contribution in [3.05, 3.63) is 59.4 Å². The number of anilines is 2. The number of aromatic nitrogens is 1. The number of nitrogens with one attached hydrogen (secondary N) is 2. The molecule has 1 amide bonds. The Bertz CT molecular complexity index is 1770. The average molecular weight is 537 g/mol. The van der Waals surface area contributed by atoms with Gasteiger partial charge in [0, 0.05) is 55.2 Å². The number of nitriles is 1. The minimum atomic E-state index is -0.782. The summed E-state index contributed by atoms with van der Waals surface area (Å²) in [5.74, 6) is 0.0278. The first-order valence-electron chi connectivity index (χ1n) is 13.5. The lowest BCUT2D eigenvalue weighted by molar-refractivity contribution is -0.122. The summed E-state index contributed by atoms with van der Waals surface area (Å²) in [6.07, 6.45) is 0.522. The quantitative estimate of drug-likeness (QED) is 0.355. The van der Waals surface area contributed by atoms with Crippen LogP contribution in [0, 0.1) is 17.1 Å². The summed E-state index contributed by atoms with van der Waals surface area (Å²) in [5, 5.41) is 28.5. The minimum absolute atomic E-state index is 0.0339. The first-order valence-corrected chi connectivity index (χ1v) is 13.5. The van der Waals surface area contributed by atoms with Crippen molar-refractivity contribution >= 4 is 39.1 Å². The Kier molecular flexibility index (Phi) is 5.50. The van der Waals surface area contributed by atoms with Gasteiger partial charge in [0.25, 0.3) is 0 Å². The third kappa shape index (κ3) is 3.43. The summed E-state index contributed by atoms with van der Waals surface area (Å²) >= 11 is 0. The van der Waals surface area contributed by atoms with Gasteiger partial charge < -0.3 is 25.5 Å². The Morgan fingerprint density at radius 3 is 2.67 bits per heavy atom. The summed E-state index contributed by atoms with van der Waals surface area (Å²) in [5.41, 5.74) is 2.41. The number of aryl methyl sites for hydroxylation is 1. The van der Waals surface area contributed by atoms with Gasteiger partial charge in [0.15, 0.2) is 11.6 Å². The van der Waals surface area contributed by atoms with Crippen molar-refractivity contribution in [1.82, 2.24) is 15.2 Å². The van der Waals surface area contributed by atoms with Crippen LogP contribution in [-0.2, 0) is 16.6 Å². The van der Waals surface area contributed by atoms with Crippen LogP contribution in [0.3, 0.4) is 0 Å². The fraction of sp³-hybridized carbons (Fsp3) is 0.323. The van der Waals surface area contributed by atoms with Crippen LogP contribution >= 0.6 is 0 Å². The van der Waals surface area contributed by atoms with Crippen LogP contribution < -0.4 is 15.5 Å². The second-order valence-electron chi connectivity index (χ2n) is 11.3. The lowest BCUT2D eigenvalue weighted by atomic mass is 9.74. The van der Waals surface area contributed by atoms with Crippen LogP contribution in [0.25, 0.3) is 32.8 Å². The molecule has 1 spiro atoms. The van der Waals surface area contributed by atoms with E-state index < -0.39 is 11.2 Å². The third-order valence-corrected chi connectivity index (χ3v) is 8.80. The molecule has 2 saturated heterocycles. The van der Waals surface area contributed by atoms with Crippen LogP contribution in [0.4, 0.5) is 15.9 Å². The molecule has 0 radical (unpaired) electrons. The number of rotatable bonds is 5. The second kappa shape index (κ2) is 8.88. The summed E-state index contributed by atoms with van der Waals surface area (Å²) in [6, 6.07) is 15.2. The normalized spacial score (nSPS) is 17.7. The van der Waals surface area contributed by atoms with E-state index in [1.807, 2.05) is 44.4 Å². The molecule has 3 aliphatic heterocycles. The number of amides is 1. The molecule has 4 heterocycles. The number of phenols is 1. The van der Waals surface area contributed by atoms with Gasteiger partial charge in [0.1, 0.15) is 16.7 Å². The van der Waals surface area contributed by atoms with E-state index in [2.05, 4.69) is 26.5 Å². The monoisotopic (exact) mass is 536 g/mol. The molecule has 0 saturated carbocycles. The van der Waals surface area contributed by atoms with Crippen molar-refractivity contribution in [1.29, 1.82) is 5.26 Å². The maximum absolute atomic E-state index is 17.0. The molecule has 3 N–H and O–H groups in total. The van der Waals surface area contributed by atoms with Crippen molar-refractivity contribution in [2.45, 2.75) is 24.3 Å². The van der Waals surface area contributed by atoms with Gasteiger partial charge in [-0.3, -0.25) is 4.79 Å². The van der Waals surface area contributed by atoms with E-state index in [4.69, 9.17) is 4.98 Å². The number of pyridine rings is 1. The van der Waals surface area contributed by atoms with Crippen LogP contribution in [0.5, 0.6) is 5.75 Å². The molecule has 0 atom stereocenters. The van der Waals surface area contributed by atoms with Gasteiger partial charge in [0.05, 0.1) is 11.8 Å². The maximum atomic E-state index is 17.0. The molecule has 0 aliphatic carbocycles. The molecule has 1 aromatic heterocycles. The number of halogens is 1. The molecule has 0 bridgehead atoms. The van der Waals surface area contributed by atoms with Crippen LogP contribution in [0.1, 0.15) is 17.5 Å². The zero-order chi connectivity index (χ0) is 27.8. The van der Waals surface area contributed by atoms with Gasteiger partial charge in [-0.1, -0.05) is 24.3 Å². The van der Waals surface area contributed by atoms with Crippen molar-refractivity contribution < 1.29 is 14.3 Å². The van der Waals surface area contributed by atoms with E-state index in [0.29, 0.717) is 59.1 Å². The molecule has 8 nitrogen and oxygen atoms in total.